The molecule has 1 N–H and O–H groups in total. The van der Waals surface area contributed by atoms with Crippen LogP contribution in [0, 0.1) is 0 Å². The SMILES string of the molecule is CCOc1ccccc1N1CCN([C@@H](C)C(=O)Nc2ccc3c(c2)OCO3)CC1. The van der Waals surface area contributed by atoms with Crippen LogP contribution in [0.25, 0.3) is 0 Å². The van der Waals surface area contributed by atoms with Crippen LogP contribution in [0.4, 0.5) is 11.4 Å². The Morgan fingerprint density at radius 1 is 1.10 bits per heavy atom. The van der Waals surface area contributed by atoms with E-state index in [4.69, 9.17) is 14.2 Å². The van der Waals surface area contributed by atoms with Crippen molar-refractivity contribution in [2.45, 2.75) is 19.9 Å². The van der Waals surface area contributed by atoms with Gasteiger partial charge in [-0.15, -0.1) is 0 Å². The predicted molar refractivity (Wildman–Crippen MR) is 112 cm³/mol. The molecule has 0 saturated carbocycles. The number of anilines is 2. The third kappa shape index (κ3) is 4.24. The normalized spacial score (nSPS) is 17.1. The highest BCUT2D eigenvalue weighted by molar-refractivity contribution is 5.94. The largest absolute Gasteiger partial charge is 0.492 e. The van der Waals surface area contributed by atoms with Gasteiger partial charge in [-0.3, -0.25) is 9.69 Å². The average Bonchev–Trinajstić information content (AvgIpc) is 3.22. The molecule has 1 amide bonds. The third-order valence-electron chi connectivity index (χ3n) is 5.39. The molecule has 7 heteroatoms. The van der Waals surface area contributed by atoms with Crippen LogP contribution in [0.1, 0.15) is 13.8 Å². The molecule has 0 aromatic heterocycles. The van der Waals surface area contributed by atoms with Crippen molar-refractivity contribution in [3.05, 3.63) is 42.5 Å². The van der Waals surface area contributed by atoms with E-state index in [2.05, 4.69) is 21.2 Å². The minimum Gasteiger partial charge on any atom is -0.492 e. The molecule has 2 aromatic rings. The van der Waals surface area contributed by atoms with Gasteiger partial charge < -0.3 is 24.4 Å². The third-order valence-corrected chi connectivity index (χ3v) is 5.39. The van der Waals surface area contributed by atoms with Crippen LogP contribution >= 0.6 is 0 Å². The van der Waals surface area contributed by atoms with Gasteiger partial charge in [0, 0.05) is 37.9 Å². The Morgan fingerprint density at radius 3 is 2.66 bits per heavy atom. The lowest BCUT2D eigenvalue weighted by Crippen LogP contribution is -2.52. The van der Waals surface area contributed by atoms with Gasteiger partial charge in [0.05, 0.1) is 18.3 Å². The summed E-state index contributed by atoms with van der Waals surface area (Å²) in [4.78, 5) is 17.3. The fourth-order valence-electron chi connectivity index (χ4n) is 3.73. The Labute approximate surface area is 171 Å². The molecule has 0 unspecified atom stereocenters. The Balaban J connectivity index is 1.34. The van der Waals surface area contributed by atoms with Crippen molar-refractivity contribution in [1.82, 2.24) is 4.90 Å². The van der Waals surface area contributed by atoms with Crippen LogP contribution in [-0.4, -0.2) is 56.4 Å². The van der Waals surface area contributed by atoms with Gasteiger partial charge in [-0.25, -0.2) is 0 Å². The van der Waals surface area contributed by atoms with E-state index in [0.29, 0.717) is 18.1 Å². The number of ether oxygens (including phenoxy) is 3. The number of hydrogen-bond donors (Lipinski definition) is 1. The van der Waals surface area contributed by atoms with Gasteiger partial charge in [-0.2, -0.15) is 0 Å². The Kier molecular flexibility index (Phi) is 5.76. The minimum atomic E-state index is -0.218. The number of amides is 1. The van der Waals surface area contributed by atoms with Crippen LogP contribution in [0.2, 0.25) is 0 Å². The zero-order valence-corrected chi connectivity index (χ0v) is 16.9. The molecule has 0 bridgehead atoms. The highest BCUT2D eigenvalue weighted by atomic mass is 16.7. The van der Waals surface area contributed by atoms with Crippen LogP contribution in [-0.2, 0) is 4.79 Å². The second-order valence-electron chi connectivity index (χ2n) is 7.16. The van der Waals surface area contributed by atoms with E-state index in [1.165, 1.54) is 0 Å². The van der Waals surface area contributed by atoms with E-state index in [9.17, 15) is 4.79 Å². The molecule has 1 saturated heterocycles. The van der Waals surface area contributed by atoms with E-state index in [1.54, 1.807) is 6.07 Å². The van der Waals surface area contributed by atoms with E-state index < -0.39 is 0 Å². The van der Waals surface area contributed by atoms with E-state index >= 15 is 0 Å². The maximum absolute atomic E-state index is 12.7. The number of fused-ring (bicyclic) bond motifs is 1. The molecular weight excluding hydrogens is 370 g/mol. The molecule has 0 radical (unpaired) electrons. The Bertz CT molecular complexity index is 865. The molecule has 154 valence electrons. The van der Waals surface area contributed by atoms with Crippen molar-refractivity contribution in [3.63, 3.8) is 0 Å². The number of hydrogen-bond acceptors (Lipinski definition) is 6. The molecule has 1 atom stereocenters. The van der Waals surface area contributed by atoms with Gasteiger partial charge in [-0.05, 0) is 38.1 Å². The van der Waals surface area contributed by atoms with Crippen LogP contribution < -0.4 is 24.4 Å². The van der Waals surface area contributed by atoms with Gasteiger partial charge in [0.25, 0.3) is 0 Å². The standard InChI is InChI=1S/C22H27N3O4/c1-3-27-19-7-5-4-6-18(19)25-12-10-24(11-13-25)16(2)22(26)23-17-8-9-20-21(14-17)29-15-28-20/h4-9,14,16H,3,10-13,15H2,1-2H3,(H,23,26)/t16-/m0/s1. The second kappa shape index (κ2) is 8.61. The summed E-state index contributed by atoms with van der Waals surface area (Å²) in [6.07, 6.45) is 0. The number of para-hydroxylation sites is 2. The Morgan fingerprint density at radius 2 is 1.86 bits per heavy atom. The summed E-state index contributed by atoms with van der Waals surface area (Å²) < 4.78 is 16.5. The zero-order valence-electron chi connectivity index (χ0n) is 16.9. The number of benzene rings is 2. The van der Waals surface area contributed by atoms with Gasteiger partial charge in [0.1, 0.15) is 5.75 Å². The summed E-state index contributed by atoms with van der Waals surface area (Å²) >= 11 is 0. The van der Waals surface area contributed by atoms with Crippen LogP contribution in [0.5, 0.6) is 17.2 Å². The highest BCUT2D eigenvalue weighted by Gasteiger charge is 2.27. The first kappa shape index (κ1) is 19.4. The molecule has 4 rings (SSSR count). The number of carbonyl (C=O) groups is 1. The van der Waals surface area contributed by atoms with Crippen LogP contribution in [0.3, 0.4) is 0 Å². The molecule has 7 nitrogen and oxygen atoms in total. The van der Waals surface area contributed by atoms with E-state index in [-0.39, 0.29) is 18.7 Å². The minimum absolute atomic E-state index is 0.0213. The summed E-state index contributed by atoms with van der Waals surface area (Å²) in [7, 11) is 0. The topological polar surface area (TPSA) is 63.3 Å². The lowest BCUT2D eigenvalue weighted by atomic mass is 10.2. The van der Waals surface area contributed by atoms with E-state index in [0.717, 1.165) is 43.3 Å². The lowest BCUT2D eigenvalue weighted by molar-refractivity contribution is -0.120. The number of rotatable bonds is 6. The average molecular weight is 397 g/mol. The summed E-state index contributed by atoms with van der Waals surface area (Å²) in [5.41, 5.74) is 1.84. The maximum atomic E-state index is 12.7. The van der Waals surface area contributed by atoms with Crippen LogP contribution in [0.15, 0.2) is 42.5 Å². The quantitative estimate of drug-likeness (QED) is 0.809. The van der Waals surface area contributed by atoms with Crippen molar-refractivity contribution in [3.8, 4) is 17.2 Å². The van der Waals surface area contributed by atoms with Gasteiger partial charge in [0.2, 0.25) is 12.7 Å². The summed E-state index contributed by atoms with van der Waals surface area (Å²) in [5.74, 6) is 2.26. The van der Waals surface area contributed by atoms with Crippen molar-refractivity contribution >= 4 is 17.3 Å². The fourth-order valence-corrected chi connectivity index (χ4v) is 3.73. The van der Waals surface area contributed by atoms with Crippen molar-refractivity contribution < 1.29 is 19.0 Å². The monoisotopic (exact) mass is 397 g/mol. The van der Waals surface area contributed by atoms with Gasteiger partial charge in [-0.1, -0.05) is 12.1 Å². The van der Waals surface area contributed by atoms with Crippen molar-refractivity contribution in [2.75, 3.05) is 49.8 Å². The predicted octanol–water partition coefficient (Wildman–Crippen LogP) is 2.96. The molecule has 2 aliphatic heterocycles. The van der Waals surface area contributed by atoms with E-state index in [1.807, 2.05) is 44.2 Å². The Hall–Kier alpha value is -2.93. The molecule has 29 heavy (non-hydrogen) atoms. The van der Waals surface area contributed by atoms with Crippen molar-refractivity contribution in [1.29, 1.82) is 0 Å². The zero-order chi connectivity index (χ0) is 20.2. The fraction of sp³-hybridized carbons (Fsp3) is 0.409. The molecule has 2 heterocycles. The number of nitrogens with zero attached hydrogens (tertiary/aromatic N) is 2. The first-order valence-corrected chi connectivity index (χ1v) is 10.1. The van der Waals surface area contributed by atoms with Gasteiger partial charge >= 0.3 is 0 Å². The molecular formula is C22H27N3O4. The molecule has 0 spiro atoms. The number of piperazine rings is 1. The number of carbonyl (C=O) groups excluding carboxylic acids is 1. The van der Waals surface area contributed by atoms with Gasteiger partial charge in [0.15, 0.2) is 11.5 Å². The number of nitrogens with one attached hydrogen (secondary N) is 1. The summed E-state index contributed by atoms with van der Waals surface area (Å²) in [6.45, 7) is 8.15. The first-order chi connectivity index (χ1) is 14.2. The molecule has 0 aliphatic carbocycles. The lowest BCUT2D eigenvalue weighted by Gasteiger charge is -2.39. The summed E-state index contributed by atoms with van der Waals surface area (Å²) in [5, 5.41) is 2.99. The molecule has 2 aromatic carbocycles. The molecule has 1 fully saturated rings. The maximum Gasteiger partial charge on any atom is 0.241 e. The van der Waals surface area contributed by atoms with Crippen molar-refractivity contribution in [2.24, 2.45) is 0 Å². The first-order valence-electron chi connectivity index (χ1n) is 10.1. The molecule has 2 aliphatic rings. The smallest absolute Gasteiger partial charge is 0.241 e. The summed E-state index contributed by atoms with van der Waals surface area (Å²) in [6, 6.07) is 13.4. The second-order valence-corrected chi connectivity index (χ2v) is 7.16. The highest BCUT2D eigenvalue weighted by Crippen LogP contribution is 2.34.